The van der Waals surface area contributed by atoms with E-state index in [4.69, 9.17) is 0 Å². The third kappa shape index (κ3) is 3.66. The van der Waals surface area contributed by atoms with Gasteiger partial charge in [0.2, 0.25) is 5.91 Å². The molecule has 0 aliphatic rings. The van der Waals surface area contributed by atoms with Gasteiger partial charge >= 0.3 is 0 Å². The zero-order chi connectivity index (χ0) is 12.1. The molecule has 0 aliphatic heterocycles. The van der Waals surface area contributed by atoms with Crippen molar-refractivity contribution >= 4 is 28.6 Å². The Morgan fingerprint density at radius 2 is 2.29 bits per heavy atom. The number of thiophene rings is 2. The maximum atomic E-state index is 11.6. The molecule has 0 bridgehead atoms. The summed E-state index contributed by atoms with van der Waals surface area (Å²) in [5, 5.41) is 18.3. The third-order valence-electron chi connectivity index (χ3n) is 2.34. The Morgan fingerprint density at radius 1 is 1.41 bits per heavy atom. The number of rotatable bonds is 5. The Balaban J connectivity index is 1.76. The summed E-state index contributed by atoms with van der Waals surface area (Å²) >= 11 is 3.10. The minimum absolute atomic E-state index is 0.0540. The van der Waals surface area contributed by atoms with E-state index >= 15 is 0 Å². The van der Waals surface area contributed by atoms with Gasteiger partial charge in [-0.2, -0.15) is 11.3 Å². The lowest BCUT2D eigenvalue weighted by molar-refractivity contribution is -0.120. The normalized spacial score (nSPS) is 12.3. The lowest BCUT2D eigenvalue weighted by Gasteiger charge is -2.10. The molecule has 0 spiro atoms. The van der Waals surface area contributed by atoms with Crippen molar-refractivity contribution in [3.05, 3.63) is 44.8 Å². The SMILES string of the molecule is O=C(Cc1cccs1)NC[C@H](O)c1ccsc1. The first-order valence-corrected chi connectivity index (χ1v) is 7.07. The van der Waals surface area contributed by atoms with Gasteiger partial charge in [0.1, 0.15) is 0 Å². The summed E-state index contributed by atoms with van der Waals surface area (Å²) in [6.07, 6.45) is -0.234. The number of nitrogens with one attached hydrogen (secondary N) is 1. The molecule has 3 nitrogen and oxygen atoms in total. The van der Waals surface area contributed by atoms with Crippen LogP contribution in [0.5, 0.6) is 0 Å². The number of carbonyl (C=O) groups is 1. The van der Waals surface area contributed by atoms with Gasteiger partial charge in [-0.05, 0) is 33.8 Å². The van der Waals surface area contributed by atoms with Crippen molar-refractivity contribution in [1.82, 2.24) is 5.32 Å². The van der Waals surface area contributed by atoms with E-state index in [-0.39, 0.29) is 12.5 Å². The second-order valence-corrected chi connectivity index (χ2v) is 5.44. The first-order chi connectivity index (χ1) is 8.25. The average molecular weight is 267 g/mol. The Labute approximate surface area is 108 Å². The van der Waals surface area contributed by atoms with Crippen LogP contribution in [0.2, 0.25) is 0 Å². The summed E-state index contributed by atoms with van der Waals surface area (Å²) in [4.78, 5) is 12.6. The fourth-order valence-electron chi connectivity index (χ4n) is 1.43. The molecule has 0 saturated heterocycles. The highest BCUT2D eigenvalue weighted by Crippen LogP contribution is 2.15. The molecule has 1 amide bonds. The van der Waals surface area contributed by atoms with Crippen LogP contribution >= 0.6 is 22.7 Å². The lowest BCUT2D eigenvalue weighted by atomic mass is 10.2. The van der Waals surface area contributed by atoms with Gasteiger partial charge in [-0.1, -0.05) is 6.07 Å². The van der Waals surface area contributed by atoms with Crippen molar-refractivity contribution in [2.24, 2.45) is 0 Å². The van der Waals surface area contributed by atoms with Gasteiger partial charge in [-0.3, -0.25) is 4.79 Å². The van der Waals surface area contributed by atoms with Crippen LogP contribution in [0, 0.1) is 0 Å². The molecule has 2 aromatic rings. The molecule has 1 atom stereocenters. The van der Waals surface area contributed by atoms with E-state index in [0.29, 0.717) is 6.42 Å². The summed E-state index contributed by atoms with van der Waals surface area (Å²) < 4.78 is 0. The van der Waals surface area contributed by atoms with Crippen molar-refractivity contribution in [3.63, 3.8) is 0 Å². The predicted octanol–water partition coefficient (Wildman–Crippen LogP) is 2.20. The third-order valence-corrected chi connectivity index (χ3v) is 3.91. The van der Waals surface area contributed by atoms with Gasteiger partial charge in [-0.15, -0.1) is 11.3 Å². The van der Waals surface area contributed by atoms with Crippen LogP contribution in [-0.4, -0.2) is 17.6 Å². The molecular weight excluding hydrogens is 254 g/mol. The molecule has 0 saturated carbocycles. The number of hydrogen-bond donors (Lipinski definition) is 2. The van der Waals surface area contributed by atoms with Gasteiger partial charge in [0, 0.05) is 11.4 Å². The number of hydrogen-bond acceptors (Lipinski definition) is 4. The molecule has 0 aromatic carbocycles. The molecule has 2 N–H and O–H groups in total. The van der Waals surface area contributed by atoms with E-state index < -0.39 is 6.10 Å². The van der Waals surface area contributed by atoms with Gasteiger partial charge in [0.15, 0.2) is 0 Å². The summed E-state index contributed by atoms with van der Waals surface area (Å²) in [6.45, 7) is 0.265. The van der Waals surface area contributed by atoms with Crippen molar-refractivity contribution in [3.8, 4) is 0 Å². The highest BCUT2D eigenvalue weighted by Gasteiger charge is 2.10. The van der Waals surface area contributed by atoms with Crippen LogP contribution in [0.15, 0.2) is 34.3 Å². The van der Waals surface area contributed by atoms with Gasteiger partial charge in [0.05, 0.1) is 12.5 Å². The van der Waals surface area contributed by atoms with E-state index in [1.165, 1.54) is 11.3 Å². The molecule has 0 aliphatic carbocycles. The zero-order valence-electron chi connectivity index (χ0n) is 9.13. The van der Waals surface area contributed by atoms with Crippen molar-refractivity contribution in [2.45, 2.75) is 12.5 Å². The predicted molar refractivity (Wildman–Crippen MR) is 70.3 cm³/mol. The number of aliphatic hydroxyl groups is 1. The zero-order valence-corrected chi connectivity index (χ0v) is 10.8. The second-order valence-electron chi connectivity index (χ2n) is 3.63. The van der Waals surface area contributed by atoms with E-state index in [9.17, 15) is 9.90 Å². The smallest absolute Gasteiger partial charge is 0.225 e. The van der Waals surface area contributed by atoms with Crippen LogP contribution in [0.3, 0.4) is 0 Å². The molecule has 0 unspecified atom stereocenters. The van der Waals surface area contributed by atoms with E-state index in [2.05, 4.69) is 5.32 Å². The van der Waals surface area contributed by atoms with Crippen LogP contribution in [-0.2, 0) is 11.2 Å². The van der Waals surface area contributed by atoms with Crippen LogP contribution in [0.25, 0.3) is 0 Å². The van der Waals surface area contributed by atoms with Crippen molar-refractivity contribution in [1.29, 1.82) is 0 Å². The molecule has 90 valence electrons. The van der Waals surface area contributed by atoms with Crippen LogP contribution in [0.4, 0.5) is 0 Å². The highest BCUT2D eigenvalue weighted by atomic mass is 32.1. The summed E-state index contributed by atoms with van der Waals surface area (Å²) in [7, 11) is 0. The number of amides is 1. The molecule has 2 aromatic heterocycles. The quantitative estimate of drug-likeness (QED) is 0.872. The first kappa shape index (κ1) is 12.3. The van der Waals surface area contributed by atoms with E-state index in [1.54, 1.807) is 11.3 Å². The second kappa shape index (κ2) is 5.95. The fraction of sp³-hybridized carbons (Fsp3) is 0.250. The minimum Gasteiger partial charge on any atom is -0.387 e. The van der Waals surface area contributed by atoms with Crippen molar-refractivity contribution < 1.29 is 9.90 Å². The molecule has 0 fully saturated rings. The largest absolute Gasteiger partial charge is 0.387 e. The Bertz CT molecular complexity index is 451. The monoisotopic (exact) mass is 267 g/mol. The summed E-state index contributed by atoms with van der Waals surface area (Å²) in [5.41, 5.74) is 0.853. The fourth-order valence-corrected chi connectivity index (χ4v) is 2.84. The van der Waals surface area contributed by atoms with Crippen LogP contribution in [0.1, 0.15) is 16.5 Å². The molecular formula is C12H13NO2S2. The maximum Gasteiger partial charge on any atom is 0.225 e. The highest BCUT2D eigenvalue weighted by molar-refractivity contribution is 7.10. The topological polar surface area (TPSA) is 49.3 Å². The summed E-state index contributed by atoms with van der Waals surface area (Å²) in [6, 6.07) is 5.72. The molecule has 2 rings (SSSR count). The molecule has 2 heterocycles. The van der Waals surface area contributed by atoms with E-state index in [1.807, 2.05) is 34.3 Å². The molecule has 0 radical (unpaired) electrons. The van der Waals surface area contributed by atoms with Gasteiger partial charge in [-0.25, -0.2) is 0 Å². The van der Waals surface area contributed by atoms with E-state index in [0.717, 1.165) is 10.4 Å². The first-order valence-electron chi connectivity index (χ1n) is 5.25. The number of carbonyl (C=O) groups excluding carboxylic acids is 1. The van der Waals surface area contributed by atoms with Gasteiger partial charge < -0.3 is 10.4 Å². The Hall–Kier alpha value is -1.17. The standard InChI is InChI=1S/C12H13NO2S2/c14-11(9-3-5-16-8-9)7-13-12(15)6-10-2-1-4-17-10/h1-5,8,11,14H,6-7H2,(H,13,15)/t11-/m0/s1. The lowest BCUT2D eigenvalue weighted by Crippen LogP contribution is -2.29. The maximum absolute atomic E-state index is 11.6. The van der Waals surface area contributed by atoms with Crippen molar-refractivity contribution in [2.75, 3.05) is 6.54 Å². The Kier molecular flexibility index (Phi) is 4.30. The number of aliphatic hydroxyl groups excluding tert-OH is 1. The van der Waals surface area contributed by atoms with Gasteiger partial charge in [0.25, 0.3) is 0 Å². The summed E-state index contributed by atoms with van der Waals surface area (Å²) in [5.74, 6) is -0.0540. The average Bonchev–Trinajstić information content (AvgIpc) is 2.97. The van der Waals surface area contributed by atoms with Crippen LogP contribution < -0.4 is 5.32 Å². The molecule has 5 heteroatoms. The molecule has 17 heavy (non-hydrogen) atoms. The minimum atomic E-state index is -0.617. The Morgan fingerprint density at radius 3 is 2.94 bits per heavy atom.